The molecule has 0 saturated heterocycles. The molecule has 1 aromatic carbocycles. The summed E-state index contributed by atoms with van der Waals surface area (Å²) in [6, 6.07) is 8.53. The molecule has 0 fully saturated rings. The van der Waals surface area contributed by atoms with E-state index in [2.05, 4.69) is 16.0 Å². The van der Waals surface area contributed by atoms with Gasteiger partial charge < -0.3 is 21.1 Å². The molecular formula is C26H35N5O4S. The van der Waals surface area contributed by atoms with Crippen LogP contribution >= 0.6 is 11.3 Å². The number of aliphatic hydroxyl groups is 1. The molecular weight excluding hydrogens is 478 g/mol. The lowest BCUT2D eigenvalue weighted by atomic mass is 9.95. The molecule has 0 bridgehead atoms. The molecule has 1 aromatic heterocycles. The van der Waals surface area contributed by atoms with E-state index in [-0.39, 0.29) is 40.8 Å². The maximum atomic E-state index is 13.0. The topological polar surface area (TPSA) is 136 Å². The van der Waals surface area contributed by atoms with E-state index in [0.717, 1.165) is 11.3 Å². The number of aromatic nitrogens is 1. The zero-order valence-electron chi connectivity index (χ0n) is 21.6. The van der Waals surface area contributed by atoms with Crippen LogP contribution < -0.4 is 30.7 Å². The van der Waals surface area contributed by atoms with Gasteiger partial charge in [-0.25, -0.2) is 0 Å². The molecule has 36 heavy (non-hydrogen) atoms. The molecule has 2 amide bonds. The van der Waals surface area contributed by atoms with Gasteiger partial charge in [0.15, 0.2) is 5.57 Å². The van der Waals surface area contributed by atoms with Crippen LogP contribution in [0.1, 0.15) is 48.0 Å². The lowest BCUT2D eigenvalue weighted by Gasteiger charge is -2.18. The highest BCUT2D eigenvalue weighted by molar-refractivity contribution is 7.07. The van der Waals surface area contributed by atoms with Crippen LogP contribution in [0, 0.1) is 22.7 Å². The molecule has 0 unspecified atom stereocenters. The van der Waals surface area contributed by atoms with Gasteiger partial charge in [0, 0.05) is 29.5 Å². The summed E-state index contributed by atoms with van der Waals surface area (Å²) in [6.45, 7) is 11.2. The first kappa shape index (κ1) is 28.8. The minimum absolute atomic E-state index is 0.118. The Kier molecular flexibility index (Phi) is 10.0. The second-order valence-electron chi connectivity index (χ2n) is 9.86. The SMILES string of the molecule is CCn1c(=O)/c(=C\Nc2cccc(NC(=O)C(C)(C)C)c2)s/c1=C(/C#N)C(=O)N[C@@H](CO)CC(C)C. The van der Waals surface area contributed by atoms with Crippen molar-refractivity contribution in [2.24, 2.45) is 11.3 Å². The first-order valence-corrected chi connectivity index (χ1v) is 12.7. The van der Waals surface area contributed by atoms with Gasteiger partial charge in [0.1, 0.15) is 15.3 Å². The van der Waals surface area contributed by atoms with Crippen LogP contribution in [-0.4, -0.2) is 34.1 Å². The molecule has 0 spiro atoms. The second kappa shape index (κ2) is 12.5. The third-order valence-corrected chi connectivity index (χ3v) is 6.39. The standard InChI is InChI=1S/C26H35N5O4S/c1-7-31-23(34)21(14-28-17-9-8-10-18(12-17)30-25(35)26(4,5)6)36-24(31)20(13-27)22(33)29-19(15-32)11-16(2)3/h8-10,12,14,16,19,28,32H,7,11,15H2,1-6H3,(H,29,33)(H,30,35)/b21-14+,24-20-/t19-/m1/s1. The number of nitriles is 1. The molecule has 0 saturated carbocycles. The number of thiazole rings is 1. The number of aliphatic hydroxyl groups excluding tert-OH is 1. The van der Waals surface area contributed by atoms with Gasteiger partial charge in [0.25, 0.3) is 11.5 Å². The van der Waals surface area contributed by atoms with E-state index < -0.39 is 17.4 Å². The monoisotopic (exact) mass is 513 g/mol. The van der Waals surface area contributed by atoms with Gasteiger partial charge in [0.2, 0.25) is 5.91 Å². The molecule has 0 radical (unpaired) electrons. The van der Waals surface area contributed by atoms with Gasteiger partial charge in [0.05, 0.1) is 12.6 Å². The van der Waals surface area contributed by atoms with Crippen molar-refractivity contribution >= 4 is 46.3 Å². The Bertz CT molecular complexity index is 1310. The molecule has 2 rings (SSSR count). The number of carbonyl (C=O) groups excluding carboxylic acids is 2. The average Bonchev–Trinajstić information content (AvgIpc) is 3.11. The van der Waals surface area contributed by atoms with Crippen molar-refractivity contribution < 1.29 is 14.7 Å². The average molecular weight is 514 g/mol. The second-order valence-corrected chi connectivity index (χ2v) is 10.9. The number of anilines is 2. The molecule has 1 atom stereocenters. The highest BCUT2D eigenvalue weighted by Crippen LogP contribution is 2.20. The Balaban J connectivity index is 2.41. The maximum Gasteiger partial charge on any atom is 0.270 e. The summed E-state index contributed by atoms with van der Waals surface area (Å²) in [4.78, 5) is 38.1. The van der Waals surface area contributed by atoms with E-state index in [1.165, 1.54) is 10.8 Å². The quantitative estimate of drug-likeness (QED) is 0.405. The number of amides is 2. The predicted octanol–water partition coefficient (Wildman–Crippen LogP) is 1.96. The summed E-state index contributed by atoms with van der Waals surface area (Å²) < 4.78 is 1.95. The number of carbonyl (C=O) groups is 2. The van der Waals surface area contributed by atoms with Crippen molar-refractivity contribution in [2.75, 3.05) is 17.2 Å². The first-order valence-electron chi connectivity index (χ1n) is 11.8. The number of benzene rings is 1. The molecule has 0 aliphatic carbocycles. The van der Waals surface area contributed by atoms with Crippen LogP contribution in [-0.2, 0) is 16.1 Å². The molecule has 9 nitrogen and oxygen atoms in total. The van der Waals surface area contributed by atoms with Crippen molar-refractivity contribution in [3.05, 3.63) is 43.8 Å². The van der Waals surface area contributed by atoms with Crippen molar-refractivity contribution in [1.82, 2.24) is 9.88 Å². The fraction of sp³-hybridized carbons (Fsp3) is 0.462. The van der Waals surface area contributed by atoms with E-state index >= 15 is 0 Å². The number of nitrogens with one attached hydrogen (secondary N) is 3. The van der Waals surface area contributed by atoms with Gasteiger partial charge in [-0.2, -0.15) is 5.26 Å². The van der Waals surface area contributed by atoms with Gasteiger partial charge in [-0.1, -0.05) is 40.7 Å². The molecule has 4 N–H and O–H groups in total. The minimum atomic E-state index is -0.623. The number of hydrogen-bond acceptors (Lipinski definition) is 7. The Morgan fingerprint density at radius 3 is 2.47 bits per heavy atom. The van der Waals surface area contributed by atoms with Crippen LogP contribution in [0.15, 0.2) is 29.1 Å². The largest absolute Gasteiger partial charge is 0.394 e. The van der Waals surface area contributed by atoms with E-state index in [9.17, 15) is 24.8 Å². The third-order valence-electron chi connectivity index (χ3n) is 5.26. The smallest absolute Gasteiger partial charge is 0.270 e. The zero-order valence-corrected chi connectivity index (χ0v) is 22.5. The van der Waals surface area contributed by atoms with Gasteiger partial charge >= 0.3 is 0 Å². The Morgan fingerprint density at radius 1 is 1.25 bits per heavy atom. The summed E-state index contributed by atoms with van der Waals surface area (Å²) in [5.41, 5.74) is 0.224. The summed E-state index contributed by atoms with van der Waals surface area (Å²) in [6.07, 6.45) is 2.08. The Labute approximate surface area is 215 Å². The number of rotatable bonds is 9. The van der Waals surface area contributed by atoms with Crippen molar-refractivity contribution in [2.45, 2.75) is 60.5 Å². The van der Waals surface area contributed by atoms with Crippen molar-refractivity contribution in [1.29, 1.82) is 5.26 Å². The van der Waals surface area contributed by atoms with Crippen LogP contribution in [0.5, 0.6) is 0 Å². The number of hydrogen-bond donors (Lipinski definition) is 4. The van der Waals surface area contributed by atoms with Crippen LogP contribution in [0.3, 0.4) is 0 Å². The maximum absolute atomic E-state index is 13.0. The lowest BCUT2D eigenvalue weighted by molar-refractivity contribution is -0.123. The summed E-state index contributed by atoms with van der Waals surface area (Å²) in [5.74, 6) is -0.495. The van der Waals surface area contributed by atoms with E-state index in [4.69, 9.17) is 0 Å². The van der Waals surface area contributed by atoms with Gasteiger partial charge in [-0.3, -0.25) is 19.0 Å². The number of nitrogens with zero attached hydrogens (tertiary/aromatic N) is 2. The minimum Gasteiger partial charge on any atom is -0.394 e. The zero-order chi connectivity index (χ0) is 27.0. The summed E-state index contributed by atoms with van der Waals surface area (Å²) >= 11 is 1.04. The fourth-order valence-electron chi connectivity index (χ4n) is 3.35. The highest BCUT2D eigenvalue weighted by Gasteiger charge is 2.21. The highest BCUT2D eigenvalue weighted by atomic mass is 32.1. The molecule has 2 aromatic rings. The van der Waals surface area contributed by atoms with Crippen LogP contribution in [0.25, 0.3) is 11.8 Å². The predicted molar refractivity (Wildman–Crippen MR) is 144 cm³/mol. The first-order chi connectivity index (χ1) is 16.9. The summed E-state index contributed by atoms with van der Waals surface area (Å²) in [5, 5.41) is 27.9. The van der Waals surface area contributed by atoms with Crippen LogP contribution in [0.4, 0.5) is 11.4 Å². The van der Waals surface area contributed by atoms with E-state index in [1.807, 2.05) is 40.7 Å². The molecule has 0 aliphatic heterocycles. The van der Waals surface area contributed by atoms with Gasteiger partial charge in [-0.15, -0.1) is 11.3 Å². The normalized spacial score (nSPS) is 13.7. The lowest BCUT2D eigenvalue weighted by Crippen LogP contribution is -2.41. The fourth-order valence-corrected chi connectivity index (χ4v) is 4.43. The van der Waals surface area contributed by atoms with Crippen LogP contribution in [0.2, 0.25) is 0 Å². The van der Waals surface area contributed by atoms with Gasteiger partial charge in [-0.05, 0) is 37.5 Å². The van der Waals surface area contributed by atoms with Crippen molar-refractivity contribution in [3.63, 3.8) is 0 Å². The van der Waals surface area contributed by atoms with Crippen molar-refractivity contribution in [3.8, 4) is 6.07 Å². The Morgan fingerprint density at radius 2 is 1.92 bits per heavy atom. The van der Waals surface area contributed by atoms with E-state index in [0.29, 0.717) is 22.3 Å². The Hall–Kier alpha value is -3.42. The molecule has 194 valence electrons. The molecule has 1 heterocycles. The third kappa shape index (κ3) is 7.54. The molecule has 0 aliphatic rings. The molecule has 10 heteroatoms. The van der Waals surface area contributed by atoms with E-state index in [1.54, 1.807) is 31.2 Å². The summed E-state index contributed by atoms with van der Waals surface area (Å²) in [7, 11) is 0.